The molecular weight excluding hydrogens is 302 g/mol. The summed E-state index contributed by atoms with van der Waals surface area (Å²) in [7, 11) is 0. The van der Waals surface area contributed by atoms with Gasteiger partial charge in [-0.3, -0.25) is 4.79 Å². The molecule has 0 heterocycles. The monoisotopic (exact) mass is 317 g/mol. The lowest BCUT2D eigenvalue weighted by molar-refractivity contribution is 0.0755. The Balaban J connectivity index is 2.96. The summed E-state index contributed by atoms with van der Waals surface area (Å²) < 4.78 is 0.762. The number of benzene rings is 1. The van der Waals surface area contributed by atoms with Gasteiger partial charge in [0.15, 0.2) is 0 Å². The maximum absolute atomic E-state index is 12.3. The van der Waals surface area contributed by atoms with Crippen LogP contribution in [0.25, 0.3) is 0 Å². The van der Waals surface area contributed by atoms with Crippen LogP contribution in [0.4, 0.5) is 0 Å². The Bertz CT molecular complexity index is 389. The van der Waals surface area contributed by atoms with Crippen LogP contribution in [0.2, 0.25) is 5.02 Å². The number of carbonyl (C=O) groups excluding carboxylic acids is 1. The van der Waals surface area contributed by atoms with Crippen molar-refractivity contribution in [2.75, 3.05) is 13.1 Å². The van der Waals surface area contributed by atoms with E-state index in [0.29, 0.717) is 10.6 Å². The average molecular weight is 319 g/mol. The summed E-state index contributed by atoms with van der Waals surface area (Å²) in [5.74, 6) is 0.0139. The van der Waals surface area contributed by atoms with Gasteiger partial charge in [-0.25, -0.2) is 0 Å². The maximum Gasteiger partial charge on any atom is 0.255 e. The normalized spacial score (nSPS) is 10.4. The number of rotatable bonds is 5. The molecule has 0 unspecified atom stereocenters. The Hall–Kier alpha value is -0.540. The van der Waals surface area contributed by atoms with Gasteiger partial charge in [-0.1, -0.05) is 31.5 Å². The summed E-state index contributed by atoms with van der Waals surface area (Å²) >= 11 is 9.48. The second-order valence-electron chi connectivity index (χ2n) is 3.89. The van der Waals surface area contributed by atoms with Crippen molar-refractivity contribution in [3.8, 4) is 0 Å². The van der Waals surface area contributed by atoms with Gasteiger partial charge in [0.25, 0.3) is 5.91 Å². The zero-order chi connectivity index (χ0) is 12.8. The van der Waals surface area contributed by atoms with E-state index in [4.69, 9.17) is 11.6 Å². The molecule has 0 aliphatic heterocycles. The van der Waals surface area contributed by atoms with E-state index in [-0.39, 0.29) is 5.91 Å². The van der Waals surface area contributed by atoms with Crippen LogP contribution in [0.3, 0.4) is 0 Å². The predicted octanol–water partition coefficient (Wildman–Crippen LogP) is 4.36. The van der Waals surface area contributed by atoms with Crippen molar-refractivity contribution in [1.82, 2.24) is 4.90 Å². The molecule has 0 saturated heterocycles. The Labute approximate surface area is 116 Å². The quantitative estimate of drug-likeness (QED) is 0.789. The fraction of sp³-hybridized carbons (Fsp3) is 0.462. The third-order valence-electron chi connectivity index (χ3n) is 2.46. The number of carbonyl (C=O) groups is 1. The van der Waals surface area contributed by atoms with Gasteiger partial charge in [0.05, 0.1) is 10.6 Å². The van der Waals surface area contributed by atoms with E-state index in [9.17, 15) is 4.79 Å². The third kappa shape index (κ3) is 3.71. The van der Waals surface area contributed by atoms with Crippen LogP contribution in [0, 0.1) is 0 Å². The van der Waals surface area contributed by atoms with E-state index in [1.165, 1.54) is 0 Å². The molecule has 1 rings (SSSR count). The van der Waals surface area contributed by atoms with Gasteiger partial charge in [-0.15, -0.1) is 0 Å². The van der Waals surface area contributed by atoms with Crippen molar-refractivity contribution in [3.63, 3.8) is 0 Å². The molecule has 0 spiro atoms. The molecule has 94 valence electrons. The standard InChI is InChI=1S/C13H17BrClNO/c1-3-8-16(9-4-2)13(17)10-6-5-7-11(14)12(10)15/h5-7H,3-4,8-9H2,1-2H3. The van der Waals surface area contributed by atoms with Gasteiger partial charge in [-0.05, 0) is 40.9 Å². The van der Waals surface area contributed by atoms with Crippen LogP contribution >= 0.6 is 27.5 Å². The molecule has 1 aromatic rings. The van der Waals surface area contributed by atoms with Crippen LogP contribution in [0.15, 0.2) is 22.7 Å². The second kappa shape index (κ2) is 7.02. The first-order valence-corrected chi connectivity index (χ1v) is 7.02. The molecule has 1 amide bonds. The fourth-order valence-corrected chi connectivity index (χ4v) is 2.27. The van der Waals surface area contributed by atoms with Crippen molar-refractivity contribution in [1.29, 1.82) is 0 Å². The van der Waals surface area contributed by atoms with Crippen LogP contribution in [-0.4, -0.2) is 23.9 Å². The molecule has 2 nitrogen and oxygen atoms in total. The van der Waals surface area contributed by atoms with Crippen LogP contribution in [-0.2, 0) is 0 Å². The van der Waals surface area contributed by atoms with Crippen molar-refractivity contribution in [2.45, 2.75) is 26.7 Å². The summed E-state index contributed by atoms with van der Waals surface area (Å²) in [6.45, 7) is 5.68. The molecule has 0 aliphatic rings. The smallest absolute Gasteiger partial charge is 0.255 e. The number of hydrogen-bond donors (Lipinski definition) is 0. The first-order chi connectivity index (χ1) is 8.11. The zero-order valence-electron chi connectivity index (χ0n) is 10.2. The summed E-state index contributed by atoms with van der Waals surface area (Å²) in [4.78, 5) is 14.2. The van der Waals surface area contributed by atoms with Crippen LogP contribution in [0.1, 0.15) is 37.0 Å². The number of hydrogen-bond acceptors (Lipinski definition) is 1. The molecule has 0 aromatic heterocycles. The average Bonchev–Trinajstić information content (AvgIpc) is 2.31. The highest BCUT2D eigenvalue weighted by Gasteiger charge is 2.18. The van der Waals surface area contributed by atoms with Crippen LogP contribution < -0.4 is 0 Å². The minimum absolute atomic E-state index is 0.0139. The zero-order valence-corrected chi connectivity index (χ0v) is 12.5. The lowest BCUT2D eigenvalue weighted by Crippen LogP contribution is -2.32. The molecule has 0 radical (unpaired) electrons. The molecule has 0 atom stereocenters. The molecule has 0 fully saturated rings. The molecule has 0 saturated carbocycles. The predicted molar refractivity (Wildman–Crippen MR) is 75.6 cm³/mol. The van der Waals surface area contributed by atoms with Crippen molar-refractivity contribution in [3.05, 3.63) is 33.3 Å². The third-order valence-corrected chi connectivity index (χ3v) is 3.75. The van der Waals surface area contributed by atoms with E-state index >= 15 is 0 Å². The molecule has 0 N–H and O–H groups in total. The van der Waals surface area contributed by atoms with Gasteiger partial charge in [-0.2, -0.15) is 0 Å². The Kier molecular flexibility index (Phi) is 6.00. The molecule has 0 aliphatic carbocycles. The highest BCUT2D eigenvalue weighted by atomic mass is 79.9. The minimum Gasteiger partial charge on any atom is -0.339 e. The van der Waals surface area contributed by atoms with Gasteiger partial charge >= 0.3 is 0 Å². The van der Waals surface area contributed by atoms with Gasteiger partial charge in [0.2, 0.25) is 0 Å². The van der Waals surface area contributed by atoms with Gasteiger partial charge in [0, 0.05) is 17.6 Å². The van der Waals surface area contributed by atoms with E-state index in [1.54, 1.807) is 6.07 Å². The largest absolute Gasteiger partial charge is 0.339 e. The number of halogens is 2. The molecule has 1 aromatic carbocycles. The first-order valence-electron chi connectivity index (χ1n) is 5.85. The summed E-state index contributed by atoms with van der Waals surface area (Å²) in [6.07, 6.45) is 1.91. The van der Waals surface area contributed by atoms with Gasteiger partial charge in [0.1, 0.15) is 0 Å². The lowest BCUT2D eigenvalue weighted by atomic mass is 10.2. The van der Waals surface area contributed by atoms with E-state index in [1.807, 2.05) is 17.0 Å². The summed E-state index contributed by atoms with van der Waals surface area (Å²) in [6, 6.07) is 5.44. The highest BCUT2D eigenvalue weighted by Crippen LogP contribution is 2.27. The first kappa shape index (κ1) is 14.5. The van der Waals surface area contributed by atoms with E-state index in [2.05, 4.69) is 29.8 Å². The van der Waals surface area contributed by atoms with Crippen molar-refractivity contribution < 1.29 is 4.79 Å². The highest BCUT2D eigenvalue weighted by molar-refractivity contribution is 9.10. The molecular formula is C13H17BrClNO. The molecule has 4 heteroatoms. The lowest BCUT2D eigenvalue weighted by Gasteiger charge is -2.22. The molecule has 17 heavy (non-hydrogen) atoms. The minimum atomic E-state index is 0.0139. The Morgan fingerprint density at radius 3 is 2.41 bits per heavy atom. The van der Waals surface area contributed by atoms with E-state index in [0.717, 1.165) is 30.4 Å². The SMILES string of the molecule is CCCN(CCC)C(=O)c1cccc(Br)c1Cl. The second-order valence-corrected chi connectivity index (χ2v) is 5.13. The van der Waals surface area contributed by atoms with Gasteiger partial charge < -0.3 is 4.90 Å². The number of nitrogens with zero attached hydrogens (tertiary/aromatic N) is 1. The van der Waals surface area contributed by atoms with Crippen molar-refractivity contribution >= 4 is 33.4 Å². The summed E-state index contributed by atoms with van der Waals surface area (Å²) in [5, 5.41) is 0.495. The number of amides is 1. The topological polar surface area (TPSA) is 20.3 Å². The van der Waals surface area contributed by atoms with E-state index < -0.39 is 0 Å². The Morgan fingerprint density at radius 2 is 1.88 bits per heavy atom. The fourth-order valence-electron chi connectivity index (χ4n) is 1.69. The van der Waals surface area contributed by atoms with Crippen molar-refractivity contribution in [2.24, 2.45) is 0 Å². The molecule has 0 bridgehead atoms. The summed E-state index contributed by atoms with van der Waals surface area (Å²) in [5.41, 5.74) is 0.572. The van der Waals surface area contributed by atoms with Crippen LogP contribution in [0.5, 0.6) is 0 Å². The maximum atomic E-state index is 12.3. The Morgan fingerprint density at radius 1 is 1.29 bits per heavy atom.